The number of rotatable bonds is 3. The monoisotopic (exact) mass is 290 g/mol. The first-order valence-corrected chi connectivity index (χ1v) is 7.06. The van der Waals surface area contributed by atoms with Crippen LogP contribution in [0.1, 0.15) is 17.7 Å². The van der Waals surface area contributed by atoms with Crippen molar-refractivity contribution in [3.05, 3.63) is 47.4 Å². The van der Waals surface area contributed by atoms with Gasteiger partial charge < -0.3 is 4.98 Å². The topological polar surface area (TPSA) is 54.5 Å². The van der Waals surface area contributed by atoms with E-state index >= 15 is 0 Å². The van der Waals surface area contributed by atoms with Crippen molar-refractivity contribution in [3.63, 3.8) is 0 Å². The fourth-order valence-corrected chi connectivity index (χ4v) is 2.84. The minimum Gasteiger partial charge on any atom is -0.331 e. The molecular weight excluding hydrogens is 280 g/mol. The second-order valence-electron chi connectivity index (χ2n) is 4.11. The number of thioether (sulfide) groups is 1. The van der Waals surface area contributed by atoms with Gasteiger partial charge in [0.15, 0.2) is 10.8 Å². The minimum absolute atomic E-state index is 0.268. The fourth-order valence-electron chi connectivity index (χ4n) is 1.76. The van der Waals surface area contributed by atoms with Crippen molar-refractivity contribution >= 4 is 34.5 Å². The summed E-state index contributed by atoms with van der Waals surface area (Å²) in [7, 11) is 0. The third-order valence-electron chi connectivity index (χ3n) is 2.72. The standard InChI is InChI=1S/C13H11ClN4S/c1-8(9-3-2-4-15-6-9)19-13-17-11-5-10(14)7-16-12(11)18-13/h2-8H,1H3,(H,16,17,18)/t8-/m1/s1. The van der Waals surface area contributed by atoms with Gasteiger partial charge in [-0.05, 0) is 24.6 Å². The largest absolute Gasteiger partial charge is 0.331 e. The van der Waals surface area contributed by atoms with Crippen LogP contribution in [0.15, 0.2) is 41.9 Å². The number of pyridine rings is 2. The molecule has 0 unspecified atom stereocenters. The van der Waals surface area contributed by atoms with Crippen LogP contribution in [0.5, 0.6) is 0 Å². The lowest BCUT2D eigenvalue weighted by molar-refractivity contribution is 1.02. The molecule has 1 N–H and O–H groups in total. The van der Waals surface area contributed by atoms with Crippen LogP contribution >= 0.6 is 23.4 Å². The molecule has 0 aromatic carbocycles. The molecule has 3 heterocycles. The molecule has 4 nitrogen and oxygen atoms in total. The van der Waals surface area contributed by atoms with Gasteiger partial charge in [-0.2, -0.15) is 0 Å². The van der Waals surface area contributed by atoms with Crippen molar-refractivity contribution in [2.75, 3.05) is 0 Å². The van der Waals surface area contributed by atoms with E-state index < -0.39 is 0 Å². The minimum atomic E-state index is 0.268. The number of nitrogens with one attached hydrogen (secondary N) is 1. The molecule has 19 heavy (non-hydrogen) atoms. The first-order valence-electron chi connectivity index (χ1n) is 5.80. The molecule has 0 saturated heterocycles. The lowest BCUT2D eigenvalue weighted by Gasteiger charge is -2.08. The summed E-state index contributed by atoms with van der Waals surface area (Å²) in [5.74, 6) is 0. The molecule has 0 aliphatic rings. The highest BCUT2D eigenvalue weighted by Crippen LogP contribution is 2.33. The number of H-pyrrole nitrogens is 1. The van der Waals surface area contributed by atoms with Gasteiger partial charge in [0, 0.05) is 23.8 Å². The zero-order valence-corrected chi connectivity index (χ0v) is 11.7. The molecule has 3 rings (SSSR count). The van der Waals surface area contributed by atoms with Gasteiger partial charge in [-0.3, -0.25) is 4.98 Å². The van der Waals surface area contributed by atoms with Crippen LogP contribution in [0.2, 0.25) is 5.02 Å². The number of fused-ring (bicyclic) bond motifs is 1. The fraction of sp³-hybridized carbons (Fsp3) is 0.154. The highest BCUT2D eigenvalue weighted by atomic mass is 35.5. The summed E-state index contributed by atoms with van der Waals surface area (Å²) in [5, 5.41) is 1.71. The van der Waals surface area contributed by atoms with Crippen molar-refractivity contribution in [3.8, 4) is 0 Å². The highest BCUT2D eigenvalue weighted by Gasteiger charge is 2.11. The number of aromatic nitrogens is 4. The smallest absolute Gasteiger partial charge is 0.178 e. The lowest BCUT2D eigenvalue weighted by Crippen LogP contribution is -1.89. The van der Waals surface area contributed by atoms with Gasteiger partial charge in [-0.1, -0.05) is 29.4 Å². The molecule has 0 aliphatic carbocycles. The molecule has 0 radical (unpaired) electrons. The van der Waals surface area contributed by atoms with Crippen LogP contribution < -0.4 is 0 Å². The molecule has 0 spiro atoms. The van der Waals surface area contributed by atoms with Crippen LogP contribution in [0.4, 0.5) is 0 Å². The van der Waals surface area contributed by atoms with E-state index in [0.29, 0.717) is 10.7 Å². The number of halogens is 1. The summed E-state index contributed by atoms with van der Waals surface area (Å²) in [6, 6.07) is 5.82. The Morgan fingerprint density at radius 1 is 1.37 bits per heavy atom. The predicted octanol–water partition coefficient (Wildman–Crippen LogP) is 3.86. The van der Waals surface area contributed by atoms with Crippen LogP contribution in [-0.2, 0) is 0 Å². The van der Waals surface area contributed by atoms with Crippen LogP contribution in [0.25, 0.3) is 11.2 Å². The molecule has 0 saturated carbocycles. The second kappa shape index (κ2) is 5.19. The van der Waals surface area contributed by atoms with Crippen molar-refractivity contribution < 1.29 is 0 Å². The van der Waals surface area contributed by atoms with Crippen LogP contribution in [0.3, 0.4) is 0 Å². The average molecular weight is 291 g/mol. The Labute approximate surface area is 119 Å². The number of hydrogen-bond donors (Lipinski definition) is 1. The third-order valence-corrected chi connectivity index (χ3v) is 3.97. The lowest BCUT2D eigenvalue weighted by atomic mass is 10.2. The Bertz CT molecular complexity index is 698. The Morgan fingerprint density at radius 2 is 2.26 bits per heavy atom. The Kier molecular flexibility index (Phi) is 3.40. The summed E-state index contributed by atoms with van der Waals surface area (Å²) in [5.41, 5.74) is 2.71. The first-order chi connectivity index (χ1) is 9.22. The van der Waals surface area contributed by atoms with Crippen LogP contribution in [0, 0.1) is 0 Å². The summed E-state index contributed by atoms with van der Waals surface area (Å²) in [4.78, 5) is 16.0. The van der Waals surface area contributed by atoms with Gasteiger partial charge in [0.1, 0.15) is 0 Å². The maximum Gasteiger partial charge on any atom is 0.178 e. The molecule has 6 heteroatoms. The maximum absolute atomic E-state index is 5.90. The number of nitrogens with zero attached hydrogens (tertiary/aromatic N) is 3. The normalized spacial score (nSPS) is 12.7. The molecule has 3 aromatic heterocycles. The predicted molar refractivity (Wildman–Crippen MR) is 77.4 cm³/mol. The van der Waals surface area contributed by atoms with Crippen molar-refractivity contribution in [1.29, 1.82) is 0 Å². The summed E-state index contributed by atoms with van der Waals surface area (Å²) in [6.07, 6.45) is 5.24. The molecule has 96 valence electrons. The average Bonchev–Trinajstić information content (AvgIpc) is 2.81. The number of aromatic amines is 1. The Hall–Kier alpha value is -1.59. The summed E-state index contributed by atoms with van der Waals surface area (Å²) >= 11 is 7.54. The molecule has 0 bridgehead atoms. The van der Waals surface area contributed by atoms with Gasteiger partial charge in [-0.15, -0.1) is 0 Å². The SMILES string of the molecule is C[C@@H](Sc1nc2ncc(Cl)cc2[nH]1)c1cccnc1. The van der Waals surface area contributed by atoms with E-state index in [2.05, 4.69) is 32.9 Å². The summed E-state index contributed by atoms with van der Waals surface area (Å²) < 4.78 is 0. The van der Waals surface area contributed by atoms with Gasteiger partial charge in [0.05, 0.1) is 10.5 Å². The molecule has 0 aliphatic heterocycles. The van der Waals surface area contributed by atoms with Gasteiger partial charge in [-0.25, -0.2) is 9.97 Å². The van der Waals surface area contributed by atoms with E-state index in [1.165, 1.54) is 5.56 Å². The first kappa shape index (κ1) is 12.4. The van der Waals surface area contributed by atoms with Gasteiger partial charge >= 0.3 is 0 Å². The molecule has 3 aromatic rings. The second-order valence-corrected chi connectivity index (χ2v) is 5.88. The van der Waals surface area contributed by atoms with Crippen molar-refractivity contribution in [1.82, 2.24) is 19.9 Å². The van der Waals surface area contributed by atoms with E-state index in [1.807, 2.05) is 18.3 Å². The van der Waals surface area contributed by atoms with Crippen molar-refractivity contribution in [2.45, 2.75) is 17.3 Å². The molecular formula is C13H11ClN4S. The Balaban J connectivity index is 1.85. The van der Waals surface area contributed by atoms with Gasteiger partial charge in [0.2, 0.25) is 0 Å². The van der Waals surface area contributed by atoms with Crippen LogP contribution in [-0.4, -0.2) is 19.9 Å². The highest BCUT2D eigenvalue weighted by molar-refractivity contribution is 7.99. The van der Waals surface area contributed by atoms with E-state index in [9.17, 15) is 0 Å². The number of hydrogen-bond acceptors (Lipinski definition) is 4. The molecule has 1 atom stereocenters. The molecule has 0 amide bonds. The third kappa shape index (κ3) is 2.72. The van der Waals surface area contributed by atoms with E-state index in [4.69, 9.17) is 11.6 Å². The summed E-state index contributed by atoms with van der Waals surface area (Å²) in [6.45, 7) is 2.12. The zero-order valence-electron chi connectivity index (χ0n) is 10.2. The van der Waals surface area contributed by atoms with E-state index in [1.54, 1.807) is 24.2 Å². The van der Waals surface area contributed by atoms with E-state index in [-0.39, 0.29) is 5.25 Å². The van der Waals surface area contributed by atoms with Gasteiger partial charge in [0.25, 0.3) is 0 Å². The maximum atomic E-state index is 5.90. The molecule has 0 fully saturated rings. The van der Waals surface area contributed by atoms with E-state index in [0.717, 1.165) is 10.7 Å². The zero-order chi connectivity index (χ0) is 13.2. The number of imidazole rings is 1. The quantitative estimate of drug-likeness (QED) is 0.744. The van der Waals surface area contributed by atoms with Crippen molar-refractivity contribution in [2.24, 2.45) is 0 Å². The Morgan fingerprint density at radius 3 is 3.05 bits per heavy atom.